The Labute approximate surface area is 67.2 Å². The summed E-state index contributed by atoms with van der Waals surface area (Å²) in [7, 11) is 2.19. The SMILES string of the molecule is CN(Cc1ccc[nH]1)C1CC1. The van der Waals surface area contributed by atoms with Crippen LogP contribution in [-0.4, -0.2) is 23.0 Å². The van der Waals surface area contributed by atoms with Crippen molar-refractivity contribution in [3.05, 3.63) is 24.0 Å². The van der Waals surface area contributed by atoms with Gasteiger partial charge in [-0.2, -0.15) is 0 Å². The Balaban J connectivity index is 1.89. The minimum absolute atomic E-state index is 0.860. The van der Waals surface area contributed by atoms with E-state index in [2.05, 4.69) is 29.1 Å². The predicted octanol–water partition coefficient (Wildman–Crippen LogP) is 1.61. The van der Waals surface area contributed by atoms with Crippen molar-refractivity contribution in [2.24, 2.45) is 0 Å². The van der Waals surface area contributed by atoms with Gasteiger partial charge in [0.05, 0.1) is 0 Å². The molecule has 1 aliphatic carbocycles. The lowest BCUT2D eigenvalue weighted by atomic mass is 10.4. The number of hydrogen-bond donors (Lipinski definition) is 1. The molecule has 1 fully saturated rings. The second-order valence-electron chi connectivity index (χ2n) is 3.34. The van der Waals surface area contributed by atoms with Crippen LogP contribution in [0.5, 0.6) is 0 Å². The second kappa shape index (κ2) is 2.70. The van der Waals surface area contributed by atoms with Gasteiger partial charge in [-0.25, -0.2) is 0 Å². The molecule has 1 aliphatic rings. The highest BCUT2D eigenvalue weighted by molar-refractivity contribution is 5.04. The zero-order valence-electron chi connectivity index (χ0n) is 6.88. The van der Waals surface area contributed by atoms with Gasteiger partial charge >= 0.3 is 0 Å². The van der Waals surface area contributed by atoms with Gasteiger partial charge in [0, 0.05) is 24.5 Å². The summed E-state index contributed by atoms with van der Waals surface area (Å²) in [4.78, 5) is 5.62. The van der Waals surface area contributed by atoms with E-state index in [9.17, 15) is 0 Å². The number of aromatic amines is 1. The van der Waals surface area contributed by atoms with Crippen molar-refractivity contribution in [2.75, 3.05) is 7.05 Å². The molecule has 60 valence electrons. The van der Waals surface area contributed by atoms with Gasteiger partial charge in [0.1, 0.15) is 0 Å². The third kappa shape index (κ3) is 1.63. The molecule has 2 heteroatoms. The van der Waals surface area contributed by atoms with Crippen molar-refractivity contribution >= 4 is 0 Å². The van der Waals surface area contributed by atoms with Crippen molar-refractivity contribution in [3.8, 4) is 0 Å². The molecule has 0 aliphatic heterocycles. The van der Waals surface area contributed by atoms with Gasteiger partial charge in [-0.3, -0.25) is 4.90 Å². The Kier molecular flexibility index (Phi) is 1.70. The third-order valence-corrected chi connectivity index (χ3v) is 2.25. The highest BCUT2D eigenvalue weighted by Crippen LogP contribution is 2.26. The van der Waals surface area contributed by atoms with Crippen molar-refractivity contribution < 1.29 is 0 Å². The van der Waals surface area contributed by atoms with Gasteiger partial charge in [-0.05, 0) is 32.0 Å². The molecule has 0 aromatic carbocycles. The Hall–Kier alpha value is -0.760. The van der Waals surface area contributed by atoms with E-state index in [1.54, 1.807) is 0 Å². The Morgan fingerprint density at radius 3 is 3.00 bits per heavy atom. The monoisotopic (exact) mass is 150 g/mol. The van der Waals surface area contributed by atoms with Gasteiger partial charge in [0.15, 0.2) is 0 Å². The highest BCUT2D eigenvalue weighted by Gasteiger charge is 2.25. The van der Waals surface area contributed by atoms with Crippen LogP contribution < -0.4 is 0 Å². The van der Waals surface area contributed by atoms with Gasteiger partial charge in [-0.15, -0.1) is 0 Å². The molecule has 0 amide bonds. The van der Waals surface area contributed by atoms with Crippen molar-refractivity contribution in [1.29, 1.82) is 0 Å². The Bertz CT molecular complexity index is 211. The molecule has 2 rings (SSSR count). The molecule has 0 radical (unpaired) electrons. The molecule has 1 saturated carbocycles. The number of hydrogen-bond acceptors (Lipinski definition) is 1. The molecular formula is C9H14N2. The minimum atomic E-state index is 0.860. The lowest BCUT2D eigenvalue weighted by Gasteiger charge is -2.13. The van der Waals surface area contributed by atoms with Gasteiger partial charge in [0.2, 0.25) is 0 Å². The maximum atomic E-state index is 3.21. The number of rotatable bonds is 3. The Morgan fingerprint density at radius 2 is 2.45 bits per heavy atom. The second-order valence-corrected chi connectivity index (χ2v) is 3.34. The molecule has 0 spiro atoms. The molecule has 0 bridgehead atoms. The number of nitrogens with one attached hydrogen (secondary N) is 1. The van der Waals surface area contributed by atoms with Gasteiger partial charge in [0.25, 0.3) is 0 Å². The molecule has 2 nitrogen and oxygen atoms in total. The Morgan fingerprint density at radius 1 is 1.64 bits per heavy atom. The summed E-state index contributed by atoms with van der Waals surface area (Å²) >= 11 is 0. The molecule has 1 N–H and O–H groups in total. The highest BCUT2D eigenvalue weighted by atomic mass is 15.2. The third-order valence-electron chi connectivity index (χ3n) is 2.25. The lowest BCUT2D eigenvalue weighted by Crippen LogP contribution is -2.19. The zero-order valence-corrected chi connectivity index (χ0v) is 6.88. The van der Waals surface area contributed by atoms with E-state index >= 15 is 0 Å². The summed E-state index contributed by atoms with van der Waals surface area (Å²) < 4.78 is 0. The van der Waals surface area contributed by atoms with Crippen LogP contribution in [0.2, 0.25) is 0 Å². The van der Waals surface area contributed by atoms with Crippen LogP contribution >= 0.6 is 0 Å². The quantitative estimate of drug-likeness (QED) is 0.693. The van der Waals surface area contributed by atoms with E-state index < -0.39 is 0 Å². The van der Waals surface area contributed by atoms with Crippen molar-refractivity contribution in [3.63, 3.8) is 0 Å². The normalized spacial score (nSPS) is 17.6. The molecule has 1 aromatic heterocycles. The van der Waals surface area contributed by atoms with Crippen LogP contribution in [0.1, 0.15) is 18.5 Å². The zero-order chi connectivity index (χ0) is 7.68. The van der Waals surface area contributed by atoms with Crippen LogP contribution in [0.15, 0.2) is 18.3 Å². The van der Waals surface area contributed by atoms with E-state index in [0.717, 1.165) is 12.6 Å². The van der Waals surface area contributed by atoms with Crippen molar-refractivity contribution in [1.82, 2.24) is 9.88 Å². The molecule has 0 saturated heterocycles. The minimum Gasteiger partial charge on any atom is -0.364 e. The first-order chi connectivity index (χ1) is 5.36. The topological polar surface area (TPSA) is 19.0 Å². The first-order valence-electron chi connectivity index (χ1n) is 4.19. The summed E-state index contributed by atoms with van der Waals surface area (Å²) in [5, 5.41) is 0. The fourth-order valence-corrected chi connectivity index (χ4v) is 1.38. The van der Waals surface area contributed by atoms with Crippen LogP contribution in [0.3, 0.4) is 0 Å². The summed E-state index contributed by atoms with van der Waals surface area (Å²) in [6, 6.07) is 5.05. The molecule has 0 unspecified atom stereocenters. The fraction of sp³-hybridized carbons (Fsp3) is 0.556. The number of H-pyrrole nitrogens is 1. The molecule has 0 atom stereocenters. The molecule has 11 heavy (non-hydrogen) atoms. The summed E-state index contributed by atoms with van der Waals surface area (Å²) in [5.41, 5.74) is 1.32. The van der Waals surface area contributed by atoms with Crippen LogP contribution in [-0.2, 0) is 6.54 Å². The van der Waals surface area contributed by atoms with Gasteiger partial charge < -0.3 is 4.98 Å². The average molecular weight is 150 g/mol. The van der Waals surface area contributed by atoms with Crippen LogP contribution in [0.25, 0.3) is 0 Å². The maximum absolute atomic E-state index is 3.21. The fourth-order valence-electron chi connectivity index (χ4n) is 1.38. The smallest absolute Gasteiger partial charge is 0.0384 e. The van der Waals surface area contributed by atoms with E-state index in [1.807, 2.05) is 6.20 Å². The maximum Gasteiger partial charge on any atom is 0.0384 e. The molecule has 1 aromatic rings. The first-order valence-corrected chi connectivity index (χ1v) is 4.19. The number of aromatic nitrogens is 1. The van der Waals surface area contributed by atoms with Crippen LogP contribution in [0.4, 0.5) is 0 Å². The van der Waals surface area contributed by atoms with E-state index in [-0.39, 0.29) is 0 Å². The lowest BCUT2D eigenvalue weighted by molar-refractivity contribution is 0.313. The molecule has 1 heterocycles. The van der Waals surface area contributed by atoms with Crippen molar-refractivity contribution in [2.45, 2.75) is 25.4 Å². The van der Waals surface area contributed by atoms with Crippen LogP contribution in [0, 0.1) is 0 Å². The number of nitrogens with zero attached hydrogens (tertiary/aromatic N) is 1. The average Bonchev–Trinajstić information content (AvgIpc) is 2.73. The standard InChI is InChI=1S/C9H14N2/c1-11(9-4-5-9)7-8-3-2-6-10-8/h2-3,6,9-10H,4-5,7H2,1H3. The summed E-state index contributed by atoms with van der Waals surface area (Å²) in [6.45, 7) is 1.07. The van der Waals surface area contributed by atoms with Gasteiger partial charge in [-0.1, -0.05) is 0 Å². The summed E-state index contributed by atoms with van der Waals surface area (Å²) in [5.74, 6) is 0. The summed E-state index contributed by atoms with van der Waals surface area (Å²) in [6.07, 6.45) is 4.75. The predicted molar refractivity (Wildman–Crippen MR) is 45.3 cm³/mol. The van der Waals surface area contributed by atoms with E-state index in [4.69, 9.17) is 0 Å². The molecular weight excluding hydrogens is 136 g/mol. The van der Waals surface area contributed by atoms with E-state index in [1.165, 1.54) is 18.5 Å². The largest absolute Gasteiger partial charge is 0.364 e. The first kappa shape index (κ1) is 6.92. The van der Waals surface area contributed by atoms with E-state index in [0.29, 0.717) is 0 Å².